The molecule has 0 aliphatic heterocycles. The van der Waals surface area contributed by atoms with Crippen molar-refractivity contribution in [3.63, 3.8) is 0 Å². The standard InChI is InChI=1S/C7H14BrNO/c1-4-7(3,5-2)6(10)9-8/h4-5H2,1-3H3,(H,9,10). The lowest BCUT2D eigenvalue weighted by molar-refractivity contribution is -0.128. The van der Waals surface area contributed by atoms with Crippen LogP contribution in [0.15, 0.2) is 0 Å². The van der Waals surface area contributed by atoms with E-state index in [0.717, 1.165) is 12.8 Å². The summed E-state index contributed by atoms with van der Waals surface area (Å²) in [5.74, 6) is 0.0671. The van der Waals surface area contributed by atoms with Crippen molar-refractivity contribution in [2.45, 2.75) is 33.6 Å². The summed E-state index contributed by atoms with van der Waals surface area (Å²) in [6.45, 7) is 6.00. The molecule has 0 bridgehead atoms. The molecule has 3 heteroatoms. The summed E-state index contributed by atoms with van der Waals surface area (Å²) < 4.78 is 2.48. The smallest absolute Gasteiger partial charge is 0.235 e. The average Bonchev–Trinajstić information content (AvgIpc) is 2.01. The van der Waals surface area contributed by atoms with E-state index < -0.39 is 0 Å². The lowest BCUT2D eigenvalue weighted by Crippen LogP contribution is -2.32. The van der Waals surface area contributed by atoms with Gasteiger partial charge in [0.15, 0.2) is 0 Å². The molecule has 60 valence electrons. The minimum absolute atomic E-state index is 0.0671. The van der Waals surface area contributed by atoms with Crippen LogP contribution in [0.3, 0.4) is 0 Å². The van der Waals surface area contributed by atoms with Crippen LogP contribution >= 0.6 is 16.1 Å². The van der Waals surface area contributed by atoms with Crippen molar-refractivity contribution >= 4 is 22.1 Å². The second-order valence-corrected chi connectivity index (χ2v) is 3.09. The first kappa shape index (κ1) is 9.95. The highest BCUT2D eigenvalue weighted by atomic mass is 79.9. The molecule has 0 aliphatic carbocycles. The molecular formula is C7H14BrNO. The van der Waals surface area contributed by atoms with E-state index in [1.807, 2.05) is 20.8 Å². The molecule has 0 atom stereocenters. The van der Waals surface area contributed by atoms with Gasteiger partial charge in [-0.2, -0.15) is 0 Å². The Balaban J connectivity index is 4.17. The van der Waals surface area contributed by atoms with Gasteiger partial charge < -0.3 is 0 Å². The minimum Gasteiger partial charge on any atom is -0.292 e. The number of carbonyl (C=O) groups is 1. The predicted octanol–water partition coefficient (Wildman–Crippen LogP) is 2.24. The van der Waals surface area contributed by atoms with Gasteiger partial charge in [0.05, 0.1) is 0 Å². The number of hydrogen-bond acceptors (Lipinski definition) is 1. The van der Waals surface area contributed by atoms with Crippen molar-refractivity contribution in [3.05, 3.63) is 0 Å². The third kappa shape index (κ3) is 1.97. The van der Waals surface area contributed by atoms with E-state index >= 15 is 0 Å². The molecule has 0 aromatic heterocycles. The Kier molecular flexibility index (Phi) is 3.94. The summed E-state index contributed by atoms with van der Waals surface area (Å²) in [7, 11) is 0. The first-order valence-electron chi connectivity index (χ1n) is 3.51. The molecule has 10 heavy (non-hydrogen) atoms. The summed E-state index contributed by atoms with van der Waals surface area (Å²) in [4.78, 5) is 11.1. The second kappa shape index (κ2) is 3.96. The highest BCUT2D eigenvalue weighted by molar-refractivity contribution is 9.08. The molecule has 0 saturated heterocycles. The fraction of sp³-hybridized carbons (Fsp3) is 0.857. The highest BCUT2D eigenvalue weighted by Crippen LogP contribution is 2.25. The molecule has 1 amide bonds. The van der Waals surface area contributed by atoms with Crippen molar-refractivity contribution < 1.29 is 4.79 Å². The van der Waals surface area contributed by atoms with Gasteiger partial charge in [-0.05, 0) is 12.8 Å². The number of halogens is 1. The number of carbonyl (C=O) groups excluding carboxylic acids is 1. The van der Waals surface area contributed by atoms with Crippen molar-refractivity contribution in [2.24, 2.45) is 5.41 Å². The Bertz CT molecular complexity index is 121. The zero-order chi connectivity index (χ0) is 8.20. The topological polar surface area (TPSA) is 29.1 Å². The van der Waals surface area contributed by atoms with Crippen LogP contribution < -0.4 is 4.34 Å². The molecule has 1 N–H and O–H groups in total. The zero-order valence-electron chi connectivity index (χ0n) is 6.70. The lowest BCUT2D eigenvalue weighted by atomic mass is 9.84. The fourth-order valence-electron chi connectivity index (χ4n) is 0.685. The zero-order valence-corrected chi connectivity index (χ0v) is 8.29. The molecule has 0 fully saturated rings. The molecule has 0 aliphatic rings. The Morgan fingerprint density at radius 1 is 1.50 bits per heavy atom. The molecule has 0 unspecified atom stereocenters. The van der Waals surface area contributed by atoms with Gasteiger partial charge in [-0.15, -0.1) is 0 Å². The molecule has 0 aromatic carbocycles. The van der Waals surface area contributed by atoms with E-state index in [1.165, 1.54) is 0 Å². The Labute approximate surface area is 70.7 Å². The molecule has 0 rings (SSSR count). The van der Waals surface area contributed by atoms with Crippen molar-refractivity contribution in [3.8, 4) is 0 Å². The molecule has 2 nitrogen and oxygen atoms in total. The van der Waals surface area contributed by atoms with Crippen LogP contribution in [-0.2, 0) is 4.79 Å². The predicted molar refractivity (Wildman–Crippen MR) is 45.8 cm³/mol. The van der Waals surface area contributed by atoms with Crippen molar-refractivity contribution in [2.75, 3.05) is 0 Å². The van der Waals surface area contributed by atoms with Crippen molar-refractivity contribution in [1.82, 2.24) is 4.34 Å². The minimum atomic E-state index is -0.205. The van der Waals surface area contributed by atoms with Crippen LogP contribution in [0.1, 0.15) is 33.6 Å². The lowest BCUT2D eigenvalue weighted by Gasteiger charge is -2.22. The summed E-state index contributed by atoms with van der Waals surface area (Å²) in [6.07, 6.45) is 1.75. The second-order valence-electron chi connectivity index (χ2n) is 2.69. The normalized spacial score (nSPS) is 11.2. The number of hydrogen-bond donors (Lipinski definition) is 1. The number of amides is 1. The number of rotatable bonds is 3. The van der Waals surface area contributed by atoms with Gasteiger partial charge in [0, 0.05) is 21.6 Å². The van der Waals surface area contributed by atoms with Crippen LogP contribution in [0, 0.1) is 5.41 Å². The first-order valence-corrected chi connectivity index (χ1v) is 4.31. The van der Waals surface area contributed by atoms with Crippen LogP contribution in [0.25, 0.3) is 0 Å². The quantitative estimate of drug-likeness (QED) is 0.708. The highest BCUT2D eigenvalue weighted by Gasteiger charge is 2.28. The van der Waals surface area contributed by atoms with Crippen LogP contribution in [0.5, 0.6) is 0 Å². The number of nitrogens with one attached hydrogen (secondary N) is 1. The van der Waals surface area contributed by atoms with Crippen LogP contribution in [0.4, 0.5) is 0 Å². The molecule has 0 aromatic rings. The summed E-state index contributed by atoms with van der Waals surface area (Å²) in [5.41, 5.74) is -0.205. The van der Waals surface area contributed by atoms with Gasteiger partial charge in [-0.1, -0.05) is 20.8 Å². The van der Waals surface area contributed by atoms with Crippen LogP contribution in [0.2, 0.25) is 0 Å². The molecule has 0 radical (unpaired) electrons. The van der Waals surface area contributed by atoms with Gasteiger partial charge in [-0.25, -0.2) is 0 Å². The molecule has 0 saturated carbocycles. The first-order chi connectivity index (χ1) is 4.60. The Hall–Kier alpha value is -0.0500. The Morgan fingerprint density at radius 3 is 2.00 bits per heavy atom. The third-order valence-electron chi connectivity index (χ3n) is 2.19. The van der Waals surface area contributed by atoms with E-state index in [1.54, 1.807) is 0 Å². The summed E-state index contributed by atoms with van der Waals surface area (Å²) in [5, 5.41) is 0. The monoisotopic (exact) mass is 207 g/mol. The van der Waals surface area contributed by atoms with Gasteiger partial charge in [0.2, 0.25) is 5.91 Å². The van der Waals surface area contributed by atoms with E-state index in [0.29, 0.717) is 0 Å². The third-order valence-corrected chi connectivity index (χ3v) is 2.55. The molecule has 0 heterocycles. The fourth-order valence-corrected chi connectivity index (χ4v) is 1.16. The average molecular weight is 208 g/mol. The largest absolute Gasteiger partial charge is 0.292 e. The summed E-state index contributed by atoms with van der Waals surface area (Å²) >= 11 is 2.93. The van der Waals surface area contributed by atoms with Gasteiger partial charge in [0.25, 0.3) is 0 Å². The summed E-state index contributed by atoms with van der Waals surface area (Å²) in [6, 6.07) is 0. The maximum Gasteiger partial charge on any atom is 0.235 e. The van der Waals surface area contributed by atoms with Crippen LogP contribution in [-0.4, -0.2) is 5.91 Å². The van der Waals surface area contributed by atoms with E-state index in [9.17, 15) is 4.79 Å². The maximum absolute atomic E-state index is 11.1. The van der Waals surface area contributed by atoms with Crippen molar-refractivity contribution in [1.29, 1.82) is 0 Å². The SMILES string of the molecule is CCC(C)(CC)C(=O)NBr. The van der Waals surface area contributed by atoms with E-state index in [4.69, 9.17) is 0 Å². The van der Waals surface area contributed by atoms with E-state index in [-0.39, 0.29) is 11.3 Å². The van der Waals surface area contributed by atoms with Gasteiger partial charge in [-0.3, -0.25) is 9.14 Å². The molecule has 0 spiro atoms. The van der Waals surface area contributed by atoms with Gasteiger partial charge in [0.1, 0.15) is 0 Å². The van der Waals surface area contributed by atoms with E-state index in [2.05, 4.69) is 20.5 Å². The Morgan fingerprint density at radius 2 is 1.90 bits per heavy atom. The maximum atomic E-state index is 11.1. The molecular weight excluding hydrogens is 194 g/mol. The van der Waals surface area contributed by atoms with Gasteiger partial charge >= 0.3 is 0 Å².